The summed E-state index contributed by atoms with van der Waals surface area (Å²) in [7, 11) is 1.81. The van der Waals surface area contributed by atoms with Gasteiger partial charge in [-0.3, -0.25) is 10.1 Å². The van der Waals surface area contributed by atoms with Gasteiger partial charge in [0.15, 0.2) is 0 Å². The second kappa shape index (κ2) is 5.54. The largest absolute Gasteiger partial charge is 0.368 e. The van der Waals surface area contributed by atoms with Gasteiger partial charge < -0.3 is 10.6 Å². The third-order valence-corrected chi connectivity index (χ3v) is 3.00. The molecule has 0 saturated heterocycles. The summed E-state index contributed by atoms with van der Waals surface area (Å²) in [6, 6.07) is 4.67. The van der Waals surface area contributed by atoms with Crippen LogP contribution < -0.4 is 10.6 Å². The molecule has 0 saturated carbocycles. The lowest BCUT2D eigenvalue weighted by Crippen LogP contribution is -2.37. The number of benzene rings is 1. The molecule has 0 spiro atoms. The summed E-state index contributed by atoms with van der Waals surface area (Å²) < 4.78 is 0. The van der Waals surface area contributed by atoms with Crippen molar-refractivity contribution in [1.82, 2.24) is 0 Å². The molecule has 0 aliphatic heterocycles. The molecule has 2 N–H and O–H groups in total. The van der Waals surface area contributed by atoms with Crippen molar-refractivity contribution in [2.24, 2.45) is 11.1 Å². The maximum Gasteiger partial charge on any atom is 0.294 e. The summed E-state index contributed by atoms with van der Waals surface area (Å²) in [4.78, 5) is 12.4. The standard InChI is InChI=1S/C12H18ClN3O2/c1-12(2,7-14)8-15(3)10-5-4-9(13)6-11(10)16(17)18/h4-6H,7-8,14H2,1-3H3. The SMILES string of the molecule is CN(CC(C)(C)CN)c1ccc(Cl)cc1[N+](=O)[O-]. The molecule has 5 nitrogen and oxygen atoms in total. The summed E-state index contributed by atoms with van der Waals surface area (Å²) in [6.07, 6.45) is 0. The van der Waals surface area contributed by atoms with Crippen molar-refractivity contribution >= 4 is 23.0 Å². The van der Waals surface area contributed by atoms with Crippen molar-refractivity contribution in [2.45, 2.75) is 13.8 Å². The lowest BCUT2D eigenvalue weighted by molar-refractivity contribution is -0.384. The van der Waals surface area contributed by atoms with Gasteiger partial charge in [0.2, 0.25) is 0 Å². The number of nitrogens with two attached hydrogens (primary N) is 1. The Morgan fingerprint density at radius 3 is 2.61 bits per heavy atom. The van der Waals surface area contributed by atoms with Crippen LogP contribution in [0, 0.1) is 15.5 Å². The number of nitro groups is 1. The number of anilines is 1. The second-order valence-corrected chi connectivity index (χ2v) is 5.55. The van der Waals surface area contributed by atoms with Crippen molar-refractivity contribution < 1.29 is 4.92 Å². The smallest absolute Gasteiger partial charge is 0.294 e. The molecule has 0 unspecified atom stereocenters. The fraction of sp³-hybridized carbons (Fsp3) is 0.500. The molecule has 0 aliphatic rings. The van der Waals surface area contributed by atoms with Gasteiger partial charge in [0.25, 0.3) is 5.69 Å². The average Bonchev–Trinajstić information content (AvgIpc) is 2.28. The highest BCUT2D eigenvalue weighted by atomic mass is 35.5. The molecular formula is C12H18ClN3O2. The van der Waals surface area contributed by atoms with Crippen LogP contribution in [0.1, 0.15) is 13.8 Å². The highest BCUT2D eigenvalue weighted by Gasteiger charge is 2.23. The molecule has 0 heterocycles. The minimum atomic E-state index is -0.423. The van der Waals surface area contributed by atoms with Gasteiger partial charge in [-0.25, -0.2) is 0 Å². The van der Waals surface area contributed by atoms with E-state index < -0.39 is 4.92 Å². The molecule has 0 fully saturated rings. The number of halogens is 1. The van der Waals surface area contributed by atoms with Gasteiger partial charge in [-0.15, -0.1) is 0 Å². The first-order valence-electron chi connectivity index (χ1n) is 5.62. The summed E-state index contributed by atoms with van der Waals surface area (Å²) in [5.74, 6) is 0. The first-order valence-corrected chi connectivity index (χ1v) is 6.00. The monoisotopic (exact) mass is 271 g/mol. The van der Waals surface area contributed by atoms with Crippen LogP contribution in [0.25, 0.3) is 0 Å². The Labute approximate surface area is 112 Å². The fourth-order valence-corrected chi connectivity index (χ4v) is 1.92. The lowest BCUT2D eigenvalue weighted by atomic mass is 9.93. The Morgan fingerprint density at radius 2 is 2.11 bits per heavy atom. The van der Waals surface area contributed by atoms with Crippen LogP contribution in [0.15, 0.2) is 18.2 Å². The molecule has 6 heteroatoms. The van der Waals surface area contributed by atoms with Crippen molar-refractivity contribution in [2.75, 3.05) is 25.0 Å². The minimum absolute atomic E-state index is 0.0119. The predicted molar refractivity (Wildman–Crippen MR) is 74.2 cm³/mol. The van der Waals surface area contributed by atoms with E-state index in [1.54, 1.807) is 12.1 Å². The molecule has 0 radical (unpaired) electrons. The Morgan fingerprint density at radius 1 is 1.50 bits per heavy atom. The fourth-order valence-electron chi connectivity index (χ4n) is 1.76. The summed E-state index contributed by atoms with van der Waals surface area (Å²) in [5, 5.41) is 11.4. The molecule has 1 aromatic rings. The first-order chi connectivity index (χ1) is 8.26. The van der Waals surface area contributed by atoms with E-state index in [0.717, 1.165) is 0 Å². The second-order valence-electron chi connectivity index (χ2n) is 5.11. The van der Waals surface area contributed by atoms with Crippen LogP contribution in [0.2, 0.25) is 5.02 Å². The molecule has 18 heavy (non-hydrogen) atoms. The third kappa shape index (κ3) is 3.58. The van der Waals surface area contributed by atoms with Gasteiger partial charge in [0.05, 0.1) is 4.92 Å². The topological polar surface area (TPSA) is 72.4 Å². The minimum Gasteiger partial charge on any atom is -0.368 e. The number of hydrogen-bond acceptors (Lipinski definition) is 4. The van der Waals surface area contributed by atoms with E-state index >= 15 is 0 Å². The molecule has 0 atom stereocenters. The molecule has 1 rings (SSSR count). The number of nitro benzene ring substituents is 1. The van der Waals surface area contributed by atoms with Crippen molar-refractivity contribution in [3.05, 3.63) is 33.3 Å². The van der Waals surface area contributed by atoms with E-state index in [-0.39, 0.29) is 11.1 Å². The number of rotatable bonds is 5. The van der Waals surface area contributed by atoms with E-state index in [0.29, 0.717) is 23.8 Å². The molecule has 0 aromatic heterocycles. The van der Waals surface area contributed by atoms with E-state index in [2.05, 4.69) is 0 Å². The maximum atomic E-state index is 11.0. The van der Waals surface area contributed by atoms with Crippen LogP contribution in [0.4, 0.5) is 11.4 Å². The Balaban J connectivity index is 3.05. The summed E-state index contributed by atoms with van der Waals surface area (Å²) >= 11 is 5.78. The van der Waals surface area contributed by atoms with E-state index in [9.17, 15) is 10.1 Å². The van der Waals surface area contributed by atoms with Gasteiger partial charge in [-0.1, -0.05) is 25.4 Å². The normalized spacial score (nSPS) is 11.4. The first kappa shape index (κ1) is 14.7. The van der Waals surface area contributed by atoms with Crippen LogP contribution in [-0.2, 0) is 0 Å². The number of nitrogens with zero attached hydrogens (tertiary/aromatic N) is 2. The molecule has 0 bridgehead atoms. The third-order valence-electron chi connectivity index (χ3n) is 2.76. The zero-order valence-corrected chi connectivity index (χ0v) is 11.6. The van der Waals surface area contributed by atoms with E-state index in [1.807, 2.05) is 25.8 Å². The zero-order valence-electron chi connectivity index (χ0n) is 10.8. The summed E-state index contributed by atoms with van der Waals surface area (Å²) in [5.41, 5.74) is 6.12. The van der Waals surface area contributed by atoms with Crippen molar-refractivity contribution in [3.63, 3.8) is 0 Å². The van der Waals surface area contributed by atoms with Crippen LogP contribution in [0.3, 0.4) is 0 Å². The van der Waals surface area contributed by atoms with Gasteiger partial charge in [-0.2, -0.15) is 0 Å². The highest BCUT2D eigenvalue weighted by Crippen LogP contribution is 2.31. The van der Waals surface area contributed by atoms with Crippen molar-refractivity contribution in [1.29, 1.82) is 0 Å². The van der Waals surface area contributed by atoms with Gasteiger partial charge >= 0.3 is 0 Å². The average molecular weight is 272 g/mol. The highest BCUT2D eigenvalue weighted by molar-refractivity contribution is 6.30. The maximum absolute atomic E-state index is 11.0. The molecule has 100 valence electrons. The predicted octanol–water partition coefficient (Wildman–Crippen LogP) is 2.67. The Bertz CT molecular complexity index is 449. The zero-order chi connectivity index (χ0) is 13.9. The molecule has 0 amide bonds. The van der Waals surface area contributed by atoms with Gasteiger partial charge in [0.1, 0.15) is 5.69 Å². The van der Waals surface area contributed by atoms with Crippen LogP contribution in [0.5, 0.6) is 0 Å². The lowest BCUT2D eigenvalue weighted by Gasteiger charge is -2.30. The van der Waals surface area contributed by atoms with E-state index in [1.165, 1.54) is 6.07 Å². The quantitative estimate of drug-likeness (QED) is 0.660. The number of hydrogen-bond donors (Lipinski definition) is 1. The molecular weight excluding hydrogens is 254 g/mol. The van der Waals surface area contributed by atoms with Crippen molar-refractivity contribution in [3.8, 4) is 0 Å². The molecule has 1 aromatic carbocycles. The van der Waals surface area contributed by atoms with E-state index in [4.69, 9.17) is 17.3 Å². The van der Waals surface area contributed by atoms with Crippen LogP contribution in [-0.4, -0.2) is 25.1 Å². The Kier molecular flexibility index (Phi) is 4.53. The van der Waals surface area contributed by atoms with Gasteiger partial charge in [0, 0.05) is 24.7 Å². The Hall–Kier alpha value is -1.33. The summed E-state index contributed by atoms with van der Waals surface area (Å²) in [6.45, 7) is 5.18. The molecule has 0 aliphatic carbocycles. The van der Waals surface area contributed by atoms with Crippen LogP contribution >= 0.6 is 11.6 Å². The van der Waals surface area contributed by atoms with Gasteiger partial charge in [-0.05, 0) is 24.1 Å².